The molecule has 0 aliphatic carbocycles. The summed E-state index contributed by atoms with van der Waals surface area (Å²) < 4.78 is 5.81. The van der Waals surface area contributed by atoms with E-state index in [9.17, 15) is 5.11 Å². The summed E-state index contributed by atoms with van der Waals surface area (Å²) in [6.07, 6.45) is -0.833. The van der Waals surface area contributed by atoms with Gasteiger partial charge in [-0.1, -0.05) is 73.8 Å². The molecule has 0 amide bonds. The fraction of sp³-hybridized carbons (Fsp3) is 0.300. The lowest BCUT2D eigenvalue weighted by Gasteiger charge is -2.26. The highest BCUT2D eigenvalue weighted by Gasteiger charge is 2.24. The van der Waals surface area contributed by atoms with Crippen LogP contribution in [0.25, 0.3) is 0 Å². The van der Waals surface area contributed by atoms with Crippen molar-refractivity contribution in [1.29, 1.82) is 0 Å². The average Bonchev–Trinajstić information content (AvgIpc) is 2.60. The molecular formula is C20H24O2S. The van der Waals surface area contributed by atoms with Crippen molar-refractivity contribution in [3.8, 4) is 0 Å². The Kier molecular flexibility index (Phi) is 6.90. The van der Waals surface area contributed by atoms with E-state index in [1.165, 1.54) is 0 Å². The molecule has 0 aromatic heterocycles. The molecule has 2 rings (SSSR count). The molecule has 2 nitrogen and oxygen atoms in total. The maximum atomic E-state index is 10.5. The first-order valence-corrected chi connectivity index (χ1v) is 8.65. The van der Waals surface area contributed by atoms with Crippen molar-refractivity contribution in [2.75, 3.05) is 0 Å². The number of thioether (sulfide) groups is 1. The van der Waals surface area contributed by atoms with Crippen LogP contribution in [-0.4, -0.2) is 17.3 Å². The van der Waals surface area contributed by atoms with Crippen LogP contribution in [0.15, 0.2) is 77.0 Å². The first-order chi connectivity index (χ1) is 11.1. The van der Waals surface area contributed by atoms with Crippen molar-refractivity contribution < 1.29 is 9.84 Å². The van der Waals surface area contributed by atoms with Crippen LogP contribution in [0.3, 0.4) is 0 Å². The lowest BCUT2D eigenvalue weighted by molar-refractivity contribution is -0.0492. The van der Waals surface area contributed by atoms with Crippen LogP contribution >= 0.6 is 11.8 Å². The van der Waals surface area contributed by atoms with Gasteiger partial charge in [0.25, 0.3) is 0 Å². The third-order valence-electron chi connectivity index (χ3n) is 3.85. The van der Waals surface area contributed by atoms with Crippen LogP contribution in [0, 0.1) is 5.92 Å². The van der Waals surface area contributed by atoms with Gasteiger partial charge in [0.15, 0.2) is 0 Å². The number of rotatable bonds is 8. The first kappa shape index (κ1) is 17.8. The number of hydrogen-bond acceptors (Lipinski definition) is 3. The second-order valence-electron chi connectivity index (χ2n) is 5.66. The molecule has 3 heteroatoms. The summed E-state index contributed by atoms with van der Waals surface area (Å²) in [5, 5.41) is 10.5. The van der Waals surface area contributed by atoms with E-state index in [1.807, 2.05) is 74.5 Å². The van der Waals surface area contributed by atoms with Gasteiger partial charge in [0.05, 0.1) is 18.8 Å². The van der Waals surface area contributed by atoms with E-state index in [4.69, 9.17) is 4.74 Å². The molecule has 2 aromatic carbocycles. The fourth-order valence-corrected chi connectivity index (χ4v) is 3.15. The van der Waals surface area contributed by atoms with Crippen LogP contribution in [0.4, 0.5) is 0 Å². The van der Waals surface area contributed by atoms with Gasteiger partial charge in [0.2, 0.25) is 0 Å². The average molecular weight is 328 g/mol. The van der Waals surface area contributed by atoms with Crippen LogP contribution < -0.4 is 0 Å². The van der Waals surface area contributed by atoms with Crippen LogP contribution in [0.5, 0.6) is 0 Å². The molecule has 0 fully saturated rings. The van der Waals surface area contributed by atoms with Gasteiger partial charge in [-0.15, -0.1) is 0 Å². The molecule has 0 heterocycles. The Bertz CT molecular complexity index is 598. The smallest absolute Gasteiger partial charge is 0.0869 e. The molecule has 0 radical (unpaired) electrons. The normalized spacial score (nSPS) is 14.9. The predicted molar refractivity (Wildman–Crippen MR) is 97.3 cm³/mol. The Labute approximate surface area is 143 Å². The van der Waals surface area contributed by atoms with E-state index < -0.39 is 6.10 Å². The highest BCUT2D eigenvalue weighted by atomic mass is 32.2. The van der Waals surface area contributed by atoms with Crippen molar-refractivity contribution in [3.63, 3.8) is 0 Å². The topological polar surface area (TPSA) is 29.5 Å². The maximum absolute atomic E-state index is 10.5. The molecule has 122 valence electrons. The Morgan fingerprint density at radius 3 is 2.22 bits per heavy atom. The first-order valence-electron chi connectivity index (χ1n) is 7.83. The number of ether oxygens (including phenoxy) is 1. The summed E-state index contributed by atoms with van der Waals surface area (Å²) in [4.78, 5) is 2.08. The van der Waals surface area contributed by atoms with Crippen LogP contribution in [-0.2, 0) is 11.3 Å². The van der Waals surface area contributed by atoms with Crippen molar-refractivity contribution in [2.24, 2.45) is 5.92 Å². The van der Waals surface area contributed by atoms with Gasteiger partial charge in [-0.2, -0.15) is 0 Å². The molecule has 0 unspecified atom stereocenters. The van der Waals surface area contributed by atoms with Gasteiger partial charge in [-0.05, 0) is 29.5 Å². The highest BCUT2D eigenvalue weighted by Crippen LogP contribution is 2.32. The summed E-state index contributed by atoms with van der Waals surface area (Å²) in [6, 6.07) is 20.1. The number of aliphatic hydroxyl groups excluding tert-OH is 1. The third-order valence-corrected chi connectivity index (χ3v) is 4.99. The molecule has 0 spiro atoms. The van der Waals surface area contributed by atoms with E-state index >= 15 is 0 Å². The number of hydrogen-bond donors (Lipinski definition) is 1. The van der Waals surface area contributed by atoms with E-state index in [1.54, 1.807) is 11.8 Å². The van der Waals surface area contributed by atoms with Gasteiger partial charge in [0.1, 0.15) is 0 Å². The quantitative estimate of drug-likeness (QED) is 0.699. The third kappa shape index (κ3) is 5.54. The number of aliphatic hydroxyl groups is 1. The van der Waals surface area contributed by atoms with Gasteiger partial charge in [0, 0.05) is 10.8 Å². The Morgan fingerprint density at radius 1 is 1.04 bits per heavy atom. The summed E-state index contributed by atoms with van der Waals surface area (Å²) in [6.45, 7) is 8.52. The molecule has 23 heavy (non-hydrogen) atoms. The van der Waals surface area contributed by atoms with Crippen molar-refractivity contribution in [1.82, 2.24) is 0 Å². The van der Waals surface area contributed by atoms with Gasteiger partial charge >= 0.3 is 0 Å². The van der Waals surface area contributed by atoms with E-state index in [0.29, 0.717) is 6.61 Å². The van der Waals surface area contributed by atoms with Crippen LogP contribution in [0.2, 0.25) is 0 Å². The summed E-state index contributed by atoms with van der Waals surface area (Å²) in [5.74, 6) is -0.0500. The fourth-order valence-electron chi connectivity index (χ4n) is 2.23. The molecule has 1 N–H and O–H groups in total. The SMILES string of the molecule is C=C(Sc1ccccc1)[C@H](C)[C@@H](O)[C@@H](C)OCc1ccccc1. The molecule has 0 aliphatic rings. The van der Waals surface area contributed by atoms with Crippen molar-refractivity contribution in [2.45, 2.75) is 37.6 Å². The molecule has 2 aromatic rings. The monoisotopic (exact) mass is 328 g/mol. The standard InChI is InChI=1S/C20H24O2S/c1-15(17(3)23-19-12-8-5-9-13-19)20(21)16(2)22-14-18-10-6-4-7-11-18/h4-13,15-16,20-21H,3,14H2,1-2H3/t15-,16+,20+/m0/s1. The summed E-state index contributed by atoms with van der Waals surface area (Å²) in [5.41, 5.74) is 1.11. The number of benzene rings is 2. The zero-order valence-electron chi connectivity index (χ0n) is 13.7. The van der Waals surface area contributed by atoms with Gasteiger partial charge in [-0.25, -0.2) is 0 Å². The van der Waals surface area contributed by atoms with E-state index in [0.717, 1.165) is 15.4 Å². The molecule has 3 atom stereocenters. The zero-order valence-corrected chi connectivity index (χ0v) is 14.5. The summed E-state index contributed by atoms with van der Waals surface area (Å²) >= 11 is 1.60. The van der Waals surface area contributed by atoms with Crippen molar-refractivity contribution >= 4 is 11.8 Å². The minimum absolute atomic E-state index is 0.0500. The second kappa shape index (κ2) is 8.92. The summed E-state index contributed by atoms with van der Waals surface area (Å²) in [7, 11) is 0. The molecular weight excluding hydrogens is 304 g/mol. The van der Waals surface area contributed by atoms with Crippen LogP contribution in [0.1, 0.15) is 19.4 Å². The molecule has 0 saturated heterocycles. The highest BCUT2D eigenvalue weighted by molar-refractivity contribution is 8.03. The second-order valence-corrected chi connectivity index (χ2v) is 6.86. The zero-order chi connectivity index (χ0) is 16.7. The Morgan fingerprint density at radius 2 is 1.61 bits per heavy atom. The lowest BCUT2D eigenvalue weighted by Crippen LogP contribution is -2.32. The molecule has 0 bridgehead atoms. The minimum Gasteiger partial charge on any atom is -0.390 e. The largest absolute Gasteiger partial charge is 0.390 e. The predicted octanol–water partition coefficient (Wildman–Crippen LogP) is 4.89. The molecule has 0 aliphatic heterocycles. The maximum Gasteiger partial charge on any atom is 0.0869 e. The van der Waals surface area contributed by atoms with Gasteiger partial charge in [-0.3, -0.25) is 0 Å². The Balaban J connectivity index is 1.85. The van der Waals surface area contributed by atoms with Crippen molar-refractivity contribution in [3.05, 3.63) is 77.7 Å². The van der Waals surface area contributed by atoms with Gasteiger partial charge < -0.3 is 9.84 Å². The lowest BCUT2D eigenvalue weighted by atomic mass is 10.0. The molecule has 0 saturated carbocycles. The minimum atomic E-state index is -0.581. The Hall–Kier alpha value is -1.55. The van der Waals surface area contributed by atoms with E-state index in [2.05, 4.69) is 6.58 Å². The van der Waals surface area contributed by atoms with E-state index in [-0.39, 0.29) is 12.0 Å².